The van der Waals surface area contributed by atoms with Gasteiger partial charge in [-0.2, -0.15) is 5.10 Å². The van der Waals surface area contributed by atoms with E-state index in [9.17, 15) is 4.79 Å². The van der Waals surface area contributed by atoms with E-state index in [4.69, 9.17) is 0 Å². The van der Waals surface area contributed by atoms with E-state index in [-0.39, 0.29) is 11.8 Å². The van der Waals surface area contributed by atoms with Crippen molar-refractivity contribution in [2.75, 3.05) is 13.1 Å². The van der Waals surface area contributed by atoms with Crippen LogP contribution >= 0.6 is 0 Å². The van der Waals surface area contributed by atoms with Crippen molar-refractivity contribution in [1.82, 2.24) is 25.1 Å². The van der Waals surface area contributed by atoms with E-state index in [1.165, 1.54) is 5.56 Å². The lowest BCUT2D eigenvalue weighted by Crippen LogP contribution is -2.39. The Balaban J connectivity index is 1.34. The molecule has 0 radical (unpaired) electrons. The zero-order chi connectivity index (χ0) is 19.8. The highest BCUT2D eigenvalue weighted by Gasteiger charge is 2.30. The van der Waals surface area contributed by atoms with Crippen molar-refractivity contribution in [3.63, 3.8) is 0 Å². The molecular weight excluding hydrogens is 362 g/mol. The molecule has 2 aromatic heterocycles. The minimum Gasteiger partial charge on any atom is -0.338 e. The van der Waals surface area contributed by atoms with Gasteiger partial charge in [-0.15, -0.1) is 0 Å². The molecule has 1 amide bonds. The highest BCUT2D eigenvalue weighted by molar-refractivity contribution is 5.93. The molecule has 1 aromatic carbocycles. The molecule has 1 unspecified atom stereocenters. The lowest BCUT2D eigenvalue weighted by Gasteiger charge is -2.32. The van der Waals surface area contributed by atoms with E-state index in [0.29, 0.717) is 18.0 Å². The van der Waals surface area contributed by atoms with Crippen LogP contribution in [0.15, 0.2) is 42.9 Å². The average molecular weight is 387 g/mol. The van der Waals surface area contributed by atoms with E-state index in [1.807, 2.05) is 11.1 Å². The summed E-state index contributed by atoms with van der Waals surface area (Å²) in [6.45, 7) is 3.55. The highest BCUT2D eigenvalue weighted by Crippen LogP contribution is 2.38. The minimum absolute atomic E-state index is 0.0217. The van der Waals surface area contributed by atoms with Crippen LogP contribution in [-0.4, -0.2) is 44.1 Å². The van der Waals surface area contributed by atoms with E-state index in [0.717, 1.165) is 54.9 Å². The molecule has 3 heterocycles. The van der Waals surface area contributed by atoms with Gasteiger partial charge in [-0.3, -0.25) is 9.89 Å². The molecule has 29 heavy (non-hydrogen) atoms. The summed E-state index contributed by atoms with van der Waals surface area (Å²) in [6, 6.07) is 8.50. The average Bonchev–Trinajstić information content (AvgIpc) is 3.50. The first kappa shape index (κ1) is 18.0. The normalized spacial score (nSPS) is 19.3. The lowest BCUT2D eigenvalue weighted by atomic mass is 9.90. The lowest BCUT2D eigenvalue weighted by molar-refractivity contribution is 0.0705. The molecule has 6 heteroatoms. The predicted octanol–water partition coefficient (Wildman–Crippen LogP) is 4.07. The molecular formula is C23H25N5O. The van der Waals surface area contributed by atoms with Crippen molar-refractivity contribution in [2.24, 2.45) is 0 Å². The number of aryl methyl sites for hydroxylation is 1. The summed E-state index contributed by atoms with van der Waals surface area (Å²) in [6.07, 6.45) is 9.63. The summed E-state index contributed by atoms with van der Waals surface area (Å²) in [7, 11) is 0. The SMILES string of the molecule is Cc1ccc(-c2cn[nH]c2C2CCCN(C(=O)c3cnc(C4CC4)nc3)C2)cc1. The second kappa shape index (κ2) is 7.43. The molecule has 3 aromatic rings. The quantitative estimate of drug-likeness (QED) is 0.732. The zero-order valence-electron chi connectivity index (χ0n) is 16.6. The number of hydrogen-bond donors (Lipinski definition) is 1. The summed E-state index contributed by atoms with van der Waals surface area (Å²) in [5.41, 5.74) is 5.22. The largest absolute Gasteiger partial charge is 0.338 e. The molecule has 148 valence electrons. The number of H-pyrrole nitrogens is 1. The number of hydrogen-bond acceptors (Lipinski definition) is 4. The fourth-order valence-corrected chi connectivity index (χ4v) is 4.15. The monoisotopic (exact) mass is 387 g/mol. The van der Waals surface area contributed by atoms with Crippen LogP contribution in [0.4, 0.5) is 0 Å². The van der Waals surface area contributed by atoms with Gasteiger partial charge in [-0.1, -0.05) is 29.8 Å². The van der Waals surface area contributed by atoms with Gasteiger partial charge in [0.25, 0.3) is 5.91 Å². The molecule has 2 aliphatic rings. The van der Waals surface area contributed by atoms with Crippen LogP contribution in [0.2, 0.25) is 0 Å². The third-order valence-corrected chi connectivity index (χ3v) is 6.01. The third-order valence-electron chi connectivity index (χ3n) is 6.01. The highest BCUT2D eigenvalue weighted by atomic mass is 16.2. The Kier molecular flexibility index (Phi) is 4.62. The number of nitrogens with zero attached hydrogens (tertiary/aromatic N) is 4. The molecule has 5 rings (SSSR count). The van der Waals surface area contributed by atoms with Crippen LogP contribution in [0.25, 0.3) is 11.1 Å². The first-order valence-corrected chi connectivity index (χ1v) is 10.4. The third kappa shape index (κ3) is 3.67. The van der Waals surface area contributed by atoms with Crippen molar-refractivity contribution in [3.05, 3.63) is 65.5 Å². The van der Waals surface area contributed by atoms with Gasteiger partial charge >= 0.3 is 0 Å². The Labute approximate surface area is 170 Å². The van der Waals surface area contributed by atoms with Crippen molar-refractivity contribution in [2.45, 2.75) is 44.4 Å². The number of carbonyl (C=O) groups excluding carboxylic acids is 1. The Morgan fingerprint density at radius 2 is 1.79 bits per heavy atom. The molecule has 1 atom stereocenters. The summed E-state index contributed by atoms with van der Waals surface area (Å²) in [5.74, 6) is 1.64. The molecule has 0 spiro atoms. The fraction of sp³-hybridized carbons (Fsp3) is 0.391. The van der Waals surface area contributed by atoms with E-state index < -0.39 is 0 Å². The zero-order valence-corrected chi connectivity index (χ0v) is 16.6. The predicted molar refractivity (Wildman–Crippen MR) is 111 cm³/mol. The van der Waals surface area contributed by atoms with Gasteiger partial charge in [0, 0.05) is 48.6 Å². The number of likely N-dealkylation sites (tertiary alicyclic amines) is 1. The van der Waals surface area contributed by atoms with Gasteiger partial charge in [0.05, 0.1) is 11.8 Å². The molecule has 6 nitrogen and oxygen atoms in total. The summed E-state index contributed by atoms with van der Waals surface area (Å²) in [5, 5.41) is 7.51. The van der Waals surface area contributed by atoms with Crippen LogP contribution in [-0.2, 0) is 0 Å². The summed E-state index contributed by atoms with van der Waals surface area (Å²) < 4.78 is 0. The Morgan fingerprint density at radius 3 is 2.52 bits per heavy atom. The number of aromatic nitrogens is 4. The topological polar surface area (TPSA) is 74.8 Å². The Morgan fingerprint density at radius 1 is 1.03 bits per heavy atom. The van der Waals surface area contributed by atoms with Gasteiger partial charge in [0.2, 0.25) is 0 Å². The molecule has 1 aliphatic heterocycles. The number of piperidine rings is 1. The molecule has 1 saturated heterocycles. The molecule has 1 N–H and O–H groups in total. The summed E-state index contributed by atoms with van der Waals surface area (Å²) >= 11 is 0. The maximum atomic E-state index is 13.0. The Hall–Kier alpha value is -3.02. The number of aromatic amines is 1. The van der Waals surface area contributed by atoms with Crippen molar-refractivity contribution in [3.8, 4) is 11.1 Å². The van der Waals surface area contributed by atoms with Crippen LogP contribution in [0.3, 0.4) is 0 Å². The van der Waals surface area contributed by atoms with Crippen LogP contribution < -0.4 is 0 Å². The molecule has 1 saturated carbocycles. The first-order chi connectivity index (χ1) is 14.2. The van der Waals surface area contributed by atoms with Gasteiger partial charge < -0.3 is 4.90 Å². The van der Waals surface area contributed by atoms with Gasteiger partial charge in [-0.05, 0) is 38.2 Å². The van der Waals surface area contributed by atoms with E-state index in [1.54, 1.807) is 12.4 Å². The summed E-state index contributed by atoms with van der Waals surface area (Å²) in [4.78, 5) is 23.8. The van der Waals surface area contributed by atoms with Gasteiger partial charge in [0.15, 0.2) is 0 Å². The van der Waals surface area contributed by atoms with Crippen LogP contribution in [0, 0.1) is 6.92 Å². The minimum atomic E-state index is 0.0217. The molecule has 2 fully saturated rings. The standard InChI is InChI=1S/C23H25N5O/c1-15-4-6-16(7-5-15)20-13-26-27-21(20)18-3-2-10-28(14-18)23(29)19-11-24-22(25-12-19)17-8-9-17/h4-7,11-13,17-18H,2-3,8-10,14H2,1H3,(H,26,27). The molecule has 0 bridgehead atoms. The number of benzene rings is 1. The number of nitrogens with one attached hydrogen (secondary N) is 1. The van der Waals surface area contributed by atoms with E-state index in [2.05, 4.69) is 51.4 Å². The smallest absolute Gasteiger partial charge is 0.257 e. The van der Waals surface area contributed by atoms with Crippen molar-refractivity contribution in [1.29, 1.82) is 0 Å². The second-order valence-corrected chi connectivity index (χ2v) is 8.26. The number of amides is 1. The van der Waals surface area contributed by atoms with Crippen molar-refractivity contribution < 1.29 is 4.79 Å². The van der Waals surface area contributed by atoms with E-state index >= 15 is 0 Å². The number of carbonyl (C=O) groups is 1. The number of rotatable bonds is 4. The first-order valence-electron chi connectivity index (χ1n) is 10.4. The fourth-order valence-electron chi connectivity index (χ4n) is 4.15. The van der Waals surface area contributed by atoms with Gasteiger partial charge in [0.1, 0.15) is 5.82 Å². The van der Waals surface area contributed by atoms with Gasteiger partial charge in [-0.25, -0.2) is 9.97 Å². The van der Waals surface area contributed by atoms with Crippen LogP contribution in [0.1, 0.15) is 65.0 Å². The van der Waals surface area contributed by atoms with Crippen molar-refractivity contribution >= 4 is 5.91 Å². The molecule has 1 aliphatic carbocycles. The maximum Gasteiger partial charge on any atom is 0.257 e. The second-order valence-electron chi connectivity index (χ2n) is 8.26. The Bertz CT molecular complexity index is 1000. The maximum absolute atomic E-state index is 13.0. The van der Waals surface area contributed by atoms with Crippen LogP contribution in [0.5, 0.6) is 0 Å².